The van der Waals surface area contributed by atoms with E-state index < -0.39 is 14.8 Å². The van der Waals surface area contributed by atoms with Crippen LogP contribution in [0.4, 0.5) is 11.5 Å². The number of nitrogens with one attached hydrogen (secondary N) is 1. The van der Waals surface area contributed by atoms with Gasteiger partial charge in [-0.15, -0.1) is 0 Å². The topological polar surface area (TPSA) is 107 Å². The third kappa shape index (κ3) is 3.09. The molecule has 0 unspecified atom stereocenters. The number of sulfone groups is 1. The molecule has 0 amide bonds. The van der Waals surface area contributed by atoms with E-state index in [4.69, 9.17) is 0 Å². The molecule has 0 aromatic carbocycles. The maximum absolute atomic E-state index is 11.4. The van der Waals surface area contributed by atoms with Crippen LogP contribution in [0.3, 0.4) is 0 Å². The van der Waals surface area contributed by atoms with Crippen LogP contribution in [0.25, 0.3) is 0 Å². The minimum absolute atomic E-state index is 0.0531. The summed E-state index contributed by atoms with van der Waals surface area (Å²) in [6.07, 6.45) is 2.85. The molecule has 0 radical (unpaired) electrons. The van der Waals surface area contributed by atoms with Gasteiger partial charge < -0.3 is 5.32 Å². The standard InChI is InChI=1S/C11H18N4O4S/c1-8-9(15(16)17)10(14(2)13-8)12-6-11(4-5-11)7-20(3,18)19/h12H,4-7H2,1-3H3. The maximum atomic E-state index is 11.4. The Labute approximate surface area is 117 Å². The monoisotopic (exact) mass is 302 g/mol. The average Bonchev–Trinajstić information content (AvgIpc) is 2.93. The molecule has 1 aliphatic rings. The van der Waals surface area contributed by atoms with Gasteiger partial charge in [0.25, 0.3) is 0 Å². The number of rotatable bonds is 6. The van der Waals surface area contributed by atoms with E-state index in [9.17, 15) is 18.5 Å². The van der Waals surface area contributed by atoms with Gasteiger partial charge in [0.2, 0.25) is 5.82 Å². The Balaban J connectivity index is 2.14. The zero-order valence-electron chi connectivity index (χ0n) is 11.7. The third-order valence-electron chi connectivity index (χ3n) is 3.53. The van der Waals surface area contributed by atoms with Crippen molar-refractivity contribution in [3.05, 3.63) is 15.8 Å². The van der Waals surface area contributed by atoms with Crippen LogP contribution in [0.5, 0.6) is 0 Å². The fraction of sp³-hybridized carbons (Fsp3) is 0.727. The molecule has 20 heavy (non-hydrogen) atoms. The van der Waals surface area contributed by atoms with Crippen molar-refractivity contribution in [2.75, 3.05) is 23.9 Å². The predicted octanol–water partition coefficient (Wildman–Crippen LogP) is 0.873. The summed E-state index contributed by atoms with van der Waals surface area (Å²) in [7, 11) is -1.43. The van der Waals surface area contributed by atoms with Gasteiger partial charge in [0.05, 0.1) is 10.7 Å². The largest absolute Gasteiger partial charge is 0.364 e. The van der Waals surface area contributed by atoms with Crippen molar-refractivity contribution in [3.63, 3.8) is 0 Å². The first-order valence-corrected chi connectivity index (χ1v) is 8.29. The van der Waals surface area contributed by atoms with E-state index in [0.717, 1.165) is 12.8 Å². The van der Waals surface area contributed by atoms with Crippen LogP contribution in [-0.2, 0) is 16.9 Å². The first kappa shape index (κ1) is 14.8. The minimum atomic E-state index is -3.05. The molecule has 1 aliphatic carbocycles. The highest BCUT2D eigenvalue weighted by atomic mass is 32.2. The van der Waals surface area contributed by atoms with Crippen LogP contribution in [0, 0.1) is 22.5 Å². The summed E-state index contributed by atoms with van der Waals surface area (Å²) in [5.74, 6) is 0.435. The van der Waals surface area contributed by atoms with Gasteiger partial charge in [0.15, 0.2) is 0 Å². The predicted molar refractivity (Wildman–Crippen MR) is 74.5 cm³/mol. The van der Waals surface area contributed by atoms with Gasteiger partial charge in [-0.2, -0.15) is 5.10 Å². The van der Waals surface area contributed by atoms with Crippen molar-refractivity contribution in [2.45, 2.75) is 19.8 Å². The van der Waals surface area contributed by atoms with Crippen molar-refractivity contribution >= 4 is 21.3 Å². The third-order valence-corrected chi connectivity index (χ3v) is 4.67. The van der Waals surface area contributed by atoms with Crippen LogP contribution in [0.2, 0.25) is 0 Å². The maximum Gasteiger partial charge on any atom is 0.333 e. The summed E-state index contributed by atoms with van der Waals surface area (Å²) in [5, 5.41) is 18.1. The number of hydrogen-bond acceptors (Lipinski definition) is 6. The summed E-state index contributed by atoms with van der Waals surface area (Å²) in [4.78, 5) is 10.6. The second-order valence-electron chi connectivity index (χ2n) is 5.59. The molecule has 0 saturated heterocycles. The fourth-order valence-corrected chi connectivity index (χ4v) is 3.94. The average molecular weight is 302 g/mol. The van der Waals surface area contributed by atoms with Gasteiger partial charge in [-0.1, -0.05) is 0 Å². The molecule has 1 N–H and O–H groups in total. The van der Waals surface area contributed by atoms with Gasteiger partial charge in [-0.05, 0) is 19.8 Å². The van der Waals surface area contributed by atoms with Gasteiger partial charge in [-0.25, -0.2) is 13.1 Å². The van der Waals surface area contributed by atoms with Crippen LogP contribution >= 0.6 is 0 Å². The quantitative estimate of drug-likeness (QED) is 0.617. The van der Waals surface area contributed by atoms with Crippen molar-refractivity contribution in [1.29, 1.82) is 0 Å². The number of nitro groups is 1. The molecule has 8 nitrogen and oxygen atoms in total. The summed E-state index contributed by atoms with van der Waals surface area (Å²) in [5.41, 5.74) is -0.00443. The molecule has 0 spiro atoms. The van der Waals surface area contributed by atoms with E-state index in [1.807, 2.05) is 0 Å². The molecule has 1 saturated carbocycles. The molecule has 112 valence electrons. The van der Waals surface area contributed by atoms with Crippen LogP contribution in [0.1, 0.15) is 18.5 Å². The van der Waals surface area contributed by atoms with Crippen molar-refractivity contribution in [2.24, 2.45) is 12.5 Å². The highest BCUT2D eigenvalue weighted by molar-refractivity contribution is 7.90. The van der Waals surface area contributed by atoms with Crippen molar-refractivity contribution < 1.29 is 13.3 Å². The summed E-state index contributed by atoms with van der Waals surface area (Å²) < 4.78 is 24.2. The summed E-state index contributed by atoms with van der Waals surface area (Å²) in [6.45, 7) is 1.98. The Kier molecular flexibility index (Phi) is 3.49. The molecule has 2 rings (SSSR count). The summed E-state index contributed by atoms with van der Waals surface area (Å²) in [6, 6.07) is 0. The van der Waals surface area contributed by atoms with Crippen LogP contribution in [0.15, 0.2) is 0 Å². The second kappa shape index (κ2) is 4.72. The SMILES string of the molecule is Cc1nn(C)c(NCC2(CS(C)(=O)=O)CC2)c1[N+](=O)[O-]. The van der Waals surface area contributed by atoms with Crippen LogP contribution in [-0.4, -0.2) is 41.7 Å². The highest BCUT2D eigenvalue weighted by Crippen LogP contribution is 2.47. The van der Waals surface area contributed by atoms with E-state index >= 15 is 0 Å². The van der Waals surface area contributed by atoms with E-state index in [0.29, 0.717) is 18.1 Å². The number of aromatic nitrogens is 2. The minimum Gasteiger partial charge on any atom is -0.364 e. The molecule has 1 heterocycles. The lowest BCUT2D eigenvalue weighted by Crippen LogP contribution is -2.25. The molecule has 1 aromatic heterocycles. The Hall–Kier alpha value is -1.64. The molecular formula is C11H18N4O4S. The Bertz CT molecular complexity index is 646. The smallest absolute Gasteiger partial charge is 0.333 e. The lowest BCUT2D eigenvalue weighted by Gasteiger charge is -2.15. The molecule has 9 heteroatoms. The van der Waals surface area contributed by atoms with E-state index in [-0.39, 0.29) is 16.9 Å². The molecule has 1 fully saturated rings. The zero-order valence-corrected chi connectivity index (χ0v) is 12.5. The van der Waals surface area contributed by atoms with Crippen molar-refractivity contribution in [3.8, 4) is 0 Å². The Morgan fingerprint density at radius 2 is 2.10 bits per heavy atom. The van der Waals surface area contributed by atoms with Gasteiger partial charge in [0.1, 0.15) is 15.5 Å². The first-order chi connectivity index (χ1) is 9.14. The molecule has 0 bridgehead atoms. The van der Waals surface area contributed by atoms with E-state index in [1.54, 1.807) is 14.0 Å². The number of anilines is 1. The molecule has 0 aliphatic heterocycles. The lowest BCUT2D eigenvalue weighted by molar-refractivity contribution is -0.384. The number of hydrogen-bond donors (Lipinski definition) is 1. The normalized spacial score (nSPS) is 16.9. The van der Waals surface area contributed by atoms with Gasteiger partial charge in [0, 0.05) is 25.3 Å². The van der Waals surface area contributed by atoms with E-state index in [2.05, 4.69) is 10.4 Å². The fourth-order valence-electron chi connectivity index (χ4n) is 2.44. The summed E-state index contributed by atoms with van der Waals surface area (Å²) >= 11 is 0. The lowest BCUT2D eigenvalue weighted by atomic mass is 10.1. The van der Waals surface area contributed by atoms with E-state index in [1.165, 1.54) is 10.9 Å². The Morgan fingerprint density at radius 3 is 2.55 bits per heavy atom. The Morgan fingerprint density at radius 1 is 1.50 bits per heavy atom. The second-order valence-corrected chi connectivity index (χ2v) is 7.73. The molecular weight excluding hydrogens is 284 g/mol. The molecule has 1 aromatic rings. The van der Waals surface area contributed by atoms with Crippen LogP contribution < -0.4 is 5.32 Å². The van der Waals surface area contributed by atoms with Gasteiger partial charge >= 0.3 is 5.69 Å². The molecule has 0 atom stereocenters. The number of aryl methyl sites for hydroxylation is 2. The first-order valence-electron chi connectivity index (χ1n) is 6.23. The zero-order chi connectivity index (χ0) is 15.1. The number of nitrogens with zero attached hydrogens (tertiary/aromatic N) is 3. The highest BCUT2D eigenvalue weighted by Gasteiger charge is 2.45. The van der Waals surface area contributed by atoms with Gasteiger partial charge in [-0.3, -0.25) is 10.1 Å². The van der Waals surface area contributed by atoms with Crippen molar-refractivity contribution in [1.82, 2.24) is 9.78 Å².